The normalized spacial score (nSPS) is 12.6. The Morgan fingerprint density at radius 1 is 1.37 bits per heavy atom. The molecule has 1 unspecified atom stereocenters. The van der Waals surface area contributed by atoms with E-state index in [1.807, 2.05) is 13.1 Å². The molecule has 102 valence electrons. The third-order valence-electron chi connectivity index (χ3n) is 2.92. The number of hydrogen-bond acceptors (Lipinski definition) is 3. The van der Waals surface area contributed by atoms with Gasteiger partial charge in [-0.05, 0) is 19.4 Å². The van der Waals surface area contributed by atoms with Gasteiger partial charge in [0.2, 0.25) is 0 Å². The third-order valence-corrected chi connectivity index (χ3v) is 4.06. The Balaban J connectivity index is 1.98. The second kappa shape index (κ2) is 6.21. The molecule has 0 aliphatic carbocycles. The summed E-state index contributed by atoms with van der Waals surface area (Å²) in [5.74, 6) is -1.07. The molecule has 0 saturated carbocycles. The Bertz CT molecular complexity index is 554. The van der Waals surface area contributed by atoms with Crippen LogP contribution in [0.3, 0.4) is 0 Å². The fraction of sp³-hybridized carbons (Fsp3) is 0.357. The molecule has 2 rings (SSSR count). The van der Waals surface area contributed by atoms with Crippen LogP contribution in [-0.2, 0) is 13.0 Å². The summed E-state index contributed by atoms with van der Waals surface area (Å²) in [4.78, 5) is 5.39. The summed E-state index contributed by atoms with van der Waals surface area (Å²) < 4.78 is 26.4. The van der Waals surface area contributed by atoms with Gasteiger partial charge >= 0.3 is 0 Å². The van der Waals surface area contributed by atoms with Gasteiger partial charge in [0.05, 0.1) is 5.01 Å². The number of aromatic nitrogens is 1. The molecule has 5 heteroatoms. The van der Waals surface area contributed by atoms with Crippen molar-refractivity contribution in [2.24, 2.45) is 0 Å². The fourth-order valence-corrected chi connectivity index (χ4v) is 2.62. The minimum absolute atomic E-state index is 0.173. The number of halogens is 2. The third kappa shape index (κ3) is 3.58. The van der Waals surface area contributed by atoms with E-state index >= 15 is 0 Å². The number of rotatable bonds is 5. The molecule has 2 nitrogen and oxygen atoms in total. The van der Waals surface area contributed by atoms with Crippen molar-refractivity contribution in [3.63, 3.8) is 0 Å². The molecule has 1 N–H and O–H groups in total. The van der Waals surface area contributed by atoms with E-state index in [9.17, 15) is 8.78 Å². The van der Waals surface area contributed by atoms with E-state index in [-0.39, 0.29) is 6.04 Å². The van der Waals surface area contributed by atoms with E-state index < -0.39 is 11.6 Å². The summed E-state index contributed by atoms with van der Waals surface area (Å²) >= 11 is 1.65. The summed E-state index contributed by atoms with van der Waals surface area (Å²) in [6.45, 7) is 4.56. The van der Waals surface area contributed by atoms with Crippen molar-refractivity contribution in [3.05, 3.63) is 51.5 Å². The van der Waals surface area contributed by atoms with Crippen LogP contribution < -0.4 is 5.32 Å². The molecule has 0 spiro atoms. The van der Waals surface area contributed by atoms with Crippen LogP contribution in [0.1, 0.15) is 35.3 Å². The maximum Gasteiger partial charge on any atom is 0.130 e. The Hall–Kier alpha value is -1.33. The highest BCUT2D eigenvalue weighted by molar-refractivity contribution is 7.11. The molecule has 0 saturated heterocycles. The molecule has 2 aromatic rings. The first-order valence-electron chi connectivity index (χ1n) is 6.22. The summed E-state index contributed by atoms with van der Waals surface area (Å²) in [6.07, 6.45) is 2.76. The van der Waals surface area contributed by atoms with Gasteiger partial charge < -0.3 is 5.32 Å². The maximum atomic E-state index is 13.6. The lowest BCUT2D eigenvalue weighted by molar-refractivity contribution is 0.519. The quantitative estimate of drug-likeness (QED) is 0.901. The van der Waals surface area contributed by atoms with Gasteiger partial charge in [0, 0.05) is 35.3 Å². The number of nitrogens with one attached hydrogen (secondary N) is 1. The summed E-state index contributed by atoms with van der Waals surface area (Å²) in [5, 5.41) is 4.32. The number of hydrogen-bond donors (Lipinski definition) is 1. The van der Waals surface area contributed by atoms with Gasteiger partial charge in [-0.2, -0.15) is 0 Å². The molecule has 1 aromatic carbocycles. The average Bonchev–Trinajstić information content (AvgIpc) is 2.84. The van der Waals surface area contributed by atoms with Crippen LogP contribution in [-0.4, -0.2) is 4.98 Å². The standard InChI is InChI=1S/C14H16F2N2S/c1-3-14-18-8-11(19-14)7-17-9(2)12-5-4-10(15)6-13(12)16/h4-6,8-9,17H,3,7H2,1-2H3. The molecule has 1 atom stereocenters. The molecule has 19 heavy (non-hydrogen) atoms. The maximum absolute atomic E-state index is 13.6. The van der Waals surface area contributed by atoms with Gasteiger partial charge in [0.1, 0.15) is 11.6 Å². The SMILES string of the molecule is CCc1ncc(CNC(C)c2ccc(F)cc2F)s1. The van der Waals surface area contributed by atoms with Crippen LogP contribution in [0.4, 0.5) is 8.78 Å². The molecule has 0 aliphatic heterocycles. The first kappa shape index (κ1) is 14.1. The molecule has 0 bridgehead atoms. The summed E-state index contributed by atoms with van der Waals surface area (Å²) in [7, 11) is 0. The predicted octanol–water partition coefficient (Wildman–Crippen LogP) is 3.83. The minimum atomic E-state index is -0.552. The van der Waals surface area contributed by atoms with E-state index in [0.717, 1.165) is 22.4 Å². The summed E-state index contributed by atoms with van der Waals surface area (Å²) in [6, 6.07) is 3.49. The number of thiazole rings is 1. The molecule has 0 aliphatic rings. The number of aryl methyl sites for hydroxylation is 1. The molecular weight excluding hydrogens is 266 g/mol. The Kier molecular flexibility index (Phi) is 4.61. The lowest BCUT2D eigenvalue weighted by Gasteiger charge is -2.14. The number of nitrogens with zero attached hydrogens (tertiary/aromatic N) is 1. The zero-order valence-electron chi connectivity index (χ0n) is 10.9. The van der Waals surface area contributed by atoms with Crippen LogP contribution in [0.2, 0.25) is 0 Å². The Labute approximate surface area is 115 Å². The lowest BCUT2D eigenvalue weighted by Crippen LogP contribution is -2.18. The Morgan fingerprint density at radius 3 is 2.79 bits per heavy atom. The van der Waals surface area contributed by atoms with E-state index in [1.54, 1.807) is 11.3 Å². The molecule has 1 aromatic heterocycles. The van der Waals surface area contributed by atoms with Gasteiger partial charge in [-0.25, -0.2) is 13.8 Å². The zero-order chi connectivity index (χ0) is 13.8. The lowest BCUT2D eigenvalue weighted by atomic mass is 10.1. The van der Waals surface area contributed by atoms with Gasteiger partial charge in [0.25, 0.3) is 0 Å². The van der Waals surface area contributed by atoms with Crippen LogP contribution in [0.5, 0.6) is 0 Å². The van der Waals surface area contributed by atoms with Crippen molar-refractivity contribution < 1.29 is 8.78 Å². The van der Waals surface area contributed by atoms with Crippen LogP contribution in [0.15, 0.2) is 24.4 Å². The highest BCUT2D eigenvalue weighted by atomic mass is 32.1. The van der Waals surface area contributed by atoms with Crippen molar-refractivity contribution in [2.45, 2.75) is 32.9 Å². The highest BCUT2D eigenvalue weighted by Crippen LogP contribution is 2.19. The van der Waals surface area contributed by atoms with E-state index in [0.29, 0.717) is 12.1 Å². The van der Waals surface area contributed by atoms with E-state index in [2.05, 4.69) is 17.2 Å². The van der Waals surface area contributed by atoms with Crippen molar-refractivity contribution in [1.29, 1.82) is 0 Å². The fourth-order valence-electron chi connectivity index (χ4n) is 1.81. The van der Waals surface area contributed by atoms with Gasteiger partial charge in [-0.3, -0.25) is 0 Å². The number of benzene rings is 1. The zero-order valence-corrected chi connectivity index (χ0v) is 11.7. The highest BCUT2D eigenvalue weighted by Gasteiger charge is 2.11. The molecule has 0 fully saturated rings. The Morgan fingerprint density at radius 2 is 2.16 bits per heavy atom. The summed E-state index contributed by atoms with van der Waals surface area (Å²) in [5.41, 5.74) is 0.474. The topological polar surface area (TPSA) is 24.9 Å². The second-order valence-corrected chi connectivity index (χ2v) is 5.54. The molecular formula is C14H16F2N2S. The smallest absolute Gasteiger partial charge is 0.130 e. The van der Waals surface area contributed by atoms with E-state index in [1.165, 1.54) is 12.1 Å². The van der Waals surface area contributed by atoms with Gasteiger partial charge in [0.15, 0.2) is 0 Å². The van der Waals surface area contributed by atoms with Crippen molar-refractivity contribution in [1.82, 2.24) is 10.3 Å². The molecule has 1 heterocycles. The minimum Gasteiger partial charge on any atom is -0.305 e. The second-order valence-electron chi connectivity index (χ2n) is 4.34. The largest absolute Gasteiger partial charge is 0.305 e. The van der Waals surface area contributed by atoms with Crippen molar-refractivity contribution in [3.8, 4) is 0 Å². The monoisotopic (exact) mass is 282 g/mol. The van der Waals surface area contributed by atoms with Crippen LogP contribution in [0, 0.1) is 11.6 Å². The van der Waals surface area contributed by atoms with Gasteiger partial charge in [-0.15, -0.1) is 11.3 Å². The van der Waals surface area contributed by atoms with Gasteiger partial charge in [-0.1, -0.05) is 13.0 Å². The molecule has 0 radical (unpaired) electrons. The first-order chi connectivity index (χ1) is 9.10. The van der Waals surface area contributed by atoms with Crippen LogP contribution in [0.25, 0.3) is 0 Å². The average molecular weight is 282 g/mol. The van der Waals surface area contributed by atoms with Crippen molar-refractivity contribution >= 4 is 11.3 Å². The first-order valence-corrected chi connectivity index (χ1v) is 7.03. The van der Waals surface area contributed by atoms with E-state index in [4.69, 9.17) is 0 Å². The molecule has 0 amide bonds. The van der Waals surface area contributed by atoms with Crippen LogP contribution >= 0.6 is 11.3 Å². The van der Waals surface area contributed by atoms with Crippen molar-refractivity contribution in [2.75, 3.05) is 0 Å². The predicted molar refractivity (Wildman–Crippen MR) is 73.1 cm³/mol.